The van der Waals surface area contributed by atoms with Crippen LogP contribution < -0.4 is 15.4 Å². The number of phosphoric ester groups is 1. The van der Waals surface area contributed by atoms with Crippen molar-refractivity contribution in [2.75, 3.05) is 53.7 Å². The summed E-state index contributed by atoms with van der Waals surface area (Å²) in [7, 11) is -1.51. The molecule has 34 heavy (non-hydrogen) atoms. The Balaban J connectivity index is 2.34. The van der Waals surface area contributed by atoms with Crippen molar-refractivity contribution in [3.8, 4) is 5.75 Å². The largest absolute Gasteiger partial charge is 0.471 e. The van der Waals surface area contributed by atoms with E-state index in [1.165, 1.54) is 7.05 Å². The number of amides is 2. The lowest BCUT2D eigenvalue weighted by Crippen LogP contribution is -2.28. The standard InChI is InChI=1S/C20H31N2O11P/c1-14-9-16(10-15(2)19(14)33-18(24)13-30-12-17(23)21-3)11-31-20(25)22-5-6-29-7-8-32-34(26,27)28-4/h9-10H,5-8,11-13H2,1-4H3,(H,21,23)(H,22,25)(H,26,27). The molecule has 14 heteroatoms. The van der Waals surface area contributed by atoms with Crippen molar-refractivity contribution in [1.29, 1.82) is 0 Å². The van der Waals surface area contributed by atoms with E-state index < -0.39 is 19.9 Å². The van der Waals surface area contributed by atoms with E-state index in [1.807, 2.05) is 0 Å². The molecule has 0 bridgehead atoms. The van der Waals surface area contributed by atoms with Gasteiger partial charge in [-0.3, -0.25) is 13.8 Å². The molecule has 0 aliphatic carbocycles. The Morgan fingerprint density at radius 1 is 1.03 bits per heavy atom. The molecule has 0 fully saturated rings. The van der Waals surface area contributed by atoms with Crippen LogP contribution in [0.5, 0.6) is 5.75 Å². The number of rotatable bonds is 15. The van der Waals surface area contributed by atoms with Crippen molar-refractivity contribution in [2.45, 2.75) is 20.5 Å². The Morgan fingerprint density at radius 3 is 2.32 bits per heavy atom. The SMILES string of the molecule is CNC(=O)COCC(=O)Oc1c(C)cc(COC(=O)NCCOCCOP(=O)(O)OC)cc1C. The number of hydrogen-bond donors (Lipinski definition) is 3. The van der Waals surface area contributed by atoms with E-state index in [0.717, 1.165) is 7.11 Å². The third kappa shape index (κ3) is 12.1. The summed E-state index contributed by atoms with van der Waals surface area (Å²) in [5.41, 5.74) is 2.02. The van der Waals surface area contributed by atoms with Gasteiger partial charge in [0.25, 0.3) is 0 Å². The number of alkyl carbamates (subject to hydrolysis) is 1. The van der Waals surface area contributed by atoms with Gasteiger partial charge in [0.15, 0.2) is 0 Å². The summed E-state index contributed by atoms with van der Waals surface area (Å²) in [4.78, 5) is 43.9. The van der Waals surface area contributed by atoms with Gasteiger partial charge >= 0.3 is 19.9 Å². The van der Waals surface area contributed by atoms with Crippen LogP contribution >= 0.6 is 7.82 Å². The normalized spacial score (nSPS) is 12.5. The first-order chi connectivity index (χ1) is 16.1. The number of carbonyl (C=O) groups excluding carboxylic acids is 3. The van der Waals surface area contributed by atoms with Crippen LogP contribution in [0.1, 0.15) is 16.7 Å². The zero-order chi connectivity index (χ0) is 25.6. The van der Waals surface area contributed by atoms with Gasteiger partial charge in [-0.2, -0.15) is 0 Å². The molecule has 1 rings (SSSR count). The van der Waals surface area contributed by atoms with Gasteiger partial charge in [0.1, 0.15) is 25.6 Å². The van der Waals surface area contributed by atoms with E-state index in [4.69, 9.17) is 23.8 Å². The molecule has 3 N–H and O–H groups in total. The first-order valence-corrected chi connectivity index (χ1v) is 11.7. The van der Waals surface area contributed by atoms with Gasteiger partial charge in [-0.1, -0.05) is 0 Å². The van der Waals surface area contributed by atoms with Crippen LogP contribution in [0.4, 0.5) is 4.79 Å². The maximum atomic E-state index is 11.9. The average Bonchev–Trinajstić information content (AvgIpc) is 2.79. The molecule has 1 aromatic rings. The minimum atomic E-state index is -4.02. The van der Waals surface area contributed by atoms with Crippen molar-refractivity contribution in [2.24, 2.45) is 0 Å². The molecule has 0 spiro atoms. The van der Waals surface area contributed by atoms with Crippen molar-refractivity contribution < 1.29 is 51.8 Å². The van der Waals surface area contributed by atoms with Gasteiger partial charge < -0.3 is 34.5 Å². The maximum Gasteiger partial charge on any atom is 0.471 e. The quantitative estimate of drug-likeness (QED) is 0.134. The van der Waals surface area contributed by atoms with Crippen LogP contribution in [0.2, 0.25) is 0 Å². The highest BCUT2D eigenvalue weighted by Gasteiger charge is 2.17. The highest BCUT2D eigenvalue weighted by molar-refractivity contribution is 7.47. The average molecular weight is 506 g/mol. The molecule has 0 aromatic heterocycles. The number of likely N-dealkylation sites (N-methyl/N-ethyl adjacent to an activating group) is 1. The fraction of sp³-hybridized carbons (Fsp3) is 0.550. The second-order valence-electron chi connectivity index (χ2n) is 6.80. The van der Waals surface area contributed by atoms with Gasteiger partial charge in [-0.15, -0.1) is 0 Å². The van der Waals surface area contributed by atoms with Crippen molar-refractivity contribution in [3.05, 3.63) is 28.8 Å². The summed E-state index contributed by atoms with van der Waals surface area (Å²) in [6.07, 6.45) is -0.654. The molecule has 0 radical (unpaired) electrons. The molecular formula is C20H31N2O11P. The molecule has 0 saturated carbocycles. The highest BCUT2D eigenvalue weighted by Crippen LogP contribution is 2.41. The lowest BCUT2D eigenvalue weighted by molar-refractivity contribution is -0.141. The lowest BCUT2D eigenvalue weighted by atomic mass is 10.1. The predicted octanol–water partition coefficient (Wildman–Crippen LogP) is 0.978. The Kier molecular flexibility index (Phi) is 13.3. The summed E-state index contributed by atoms with van der Waals surface area (Å²) >= 11 is 0. The fourth-order valence-corrected chi connectivity index (χ4v) is 2.93. The number of benzene rings is 1. The maximum absolute atomic E-state index is 11.9. The van der Waals surface area contributed by atoms with Crippen LogP contribution in [0.15, 0.2) is 12.1 Å². The second kappa shape index (κ2) is 15.4. The van der Waals surface area contributed by atoms with E-state index in [9.17, 15) is 18.9 Å². The summed E-state index contributed by atoms with van der Waals surface area (Å²) in [5.74, 6) is -0.629. The molecular weight excluding hydrogens is 475 g/mol. The summed E-state index contributed by atoms with van der Waals surface area (Å²) in [6, 6.07) is 3.44. The monoisotopic (exact) mass is 506 g/mol. The van der Waals surface area contributed by atoms with Crippen molar-refractivity contribution in [1.82, 2.24) is 10.6 Å². The van der Waals surface area contributed by atoms with E-state index in [1.54, 1.807) is 26.0 Å². The lowest BCUT2D eigenvalue weighted by Gasteiger charge is -2.13. The van der Waals surface area contributed by atoms with Gasteiger partial charge in [-0.05, 0) is 42.7 Å². The molecule has 13 nitrogen and oxygen atoms in total. The summed E-state index contributed by atoms with van der Waals surface area (Å²) in [5, 5.41) is 4.88. The van der Waals surface area contributed by atoms with Crippen LogP contribution in [0.25, 0.3) is 0 Å². The highest BCUT2D eigenvalue weighted by atomic mass is 31.2. The molecule has 1 unspecified atom stereocenters. The van der Waals surface area contributed by atoms with Gasteiger partial charge in [0.2, 0.25) is 5.91 Å². The summed E-state index contributed by atoms with van der Waals surface area (Å²) < 4.78 is 40.5. The molecule has 0 heterocycles. The Labute approximate surface area is 197 Å². The van der Waals surface area contributed by atoms with Crippen LogP contribution in [-0.4, -0.2) is 76.6 Å². The number of phosphoric acid groups is 1. The van der Waals surface area contributed by atoms with Crippen molar-refractivity contribution in [3.63, 3.8) is 0 Å². The van der Waals surface area contributed by atoms with Crippen LogP contribution in [0, 0.1) is 13.8 Å². The Bertz CT molecular complexity index is 855. The van der Waals surface area contributed by atoms with Crippen LogP contribution in [0.3, 0.4) is 0 Å². The third-order valence-electron chi connectivity index (χ3n) is 4.07. The zero-order valence-electron chi connectivity index (χ0n) is 19.6. The fourth-order valence-electron chi connectivity index (χ4n) is 2.52. The van der Waals surface area contributed by atoms with Gasteiger partial charge in [0, 0.05) is 20.7 Å². The number of nitrogens with one attached hydrogen (secondary N) is 2. The second-order valence-corrected chi connectivity index (χ2v) is 8.36. The molecule has 1 aromatic carbocycles. The molecule has 0 aliphatic heterocycles. The van der Waals surface area contributed by atoms with Crippen molar-refractivity contribution >= 4 is 25.8 Å². The molecule has 192 valence electrons. The Morgan fingerprint density at radius 2 is 1.71 bits per heavy atom. The minimum Gasteiger partial charge on any atom is -0.445 e. The number of esters is 1. The van der Waals surface area contributed by atoms with Crippen LogP contribution in [-0.2, 0) is 44.0 Å². The topological polar surface area (TPSA) is 168 Å². The smallest absolute Gasteiger partial charge is 0.445 e. The van der Waals surface area contributed by atoms with Gasteiger partial charge in [-0.25, -0.2) is 14.2 Å². The first-order valence-electron chi connectivity index (χ1n) is 10.2. The number of hydrogen-bond acceptors (Lipinski definition) is 10. The predicted molar refractivity (Wildman–Crippen MR) is 118 cm³/mol. The molecule has 0 aliphatic rings. The van der Waals surface area contributed by atoms with Gasteiger partial charge in [0.05, 0.1) is 19.8 Å². The zero-order valence-corrected chi connectivity index (χ0v) is 20.5. The molecule has 1 atom stereocenters. The number of ether oxygens (including phenoxy) is 4. The van der Waals surface area contributed by atoms with E-state index >= 15 is 0 Å². The third-order valence-corrected chi connectivity index (χ3v) is 5.04. The Hall–Kier alpha value is -2.54. The number of carbonyl (C=O) groups is 3. The molecule has 0 saturated heterocycles. The first kappa shape index (κ1) is 29.5. The molecule has 2 amide bonds. The van der Waals surface area contributed by atoms with E-state index in [2.05, 4.69) is 19.7 Å². The van der Waals surface area contributed by atoms with E-state index in [-0.39, 0.29) is 52.1 Å². The minimum absolute atomic E-state index is 0.00548. The van der Waals surface area contributed by atoms with E-state index in [0.29, 0.717) is 22.4 Å². The number of aryl methyl sites for hydroxylation is 2. The summed E-state index contributed by atoms with van der Waals surface area (Å²) in [6.45, 7) is 3.07.